The Kier molecular flexibility index (Phi) is 3.69. The van der Waals surface area contributed by atoms with E-state index in [2.05, 4.69) is 5.32 Å². The Balaban J connectivity index is 2.24. The molecule has 2 rings (SSSR count). The van der Waals surface area contributed by atoms with Gasteiger partial charge in [0.25, 0.3) is 5.91 Å². The summed E-state index contributed by atoms with van der Waals surface area (Å²) in [6.45, 7) is 6.44. The zero-order chi connectivity index (χ0) is 12.4. The normalized spacial score (nSPS) is 20.4. The Morgan fingerprint density at radius 3 is 2.94 bits per heavy atom. The molecule has 1 aromatic rings. The number of rotatable bonds is 1. The molecule has 4 heteroatoms. The highest BCUT2D eigenvalue weighted by molar-refractivity contribution is 6.33. The summed E-state index contributed by atoms with van der Waals surface area (Å²) in [6.07, 6.45) is 0. The molecule has 0 aromatic heterocycles. The van der Waals surface area contributed by atoms with E-state index in [9.17, 15) is 4.79 Å². The second kappa shape index (κ2) is 5.07. The summed E-state index contributed by atoms with van der Waals surface area (Å²) in [5.74, 6) is 0.0315. The Labute approximate surface area is 107 Å². The first-order valence-corrected chi connectivity index (χ1v) is 6.25. The Morgan fingerprint density at radius 2 is 2.29 bits per heavy atom. The summed E-state index contributed by atoms with van der Waals surface area (Å²) in [5.41, 5.74) is 1.67. The summed E-state index contributed by atoms with van der Waals surface area (Å²) < 4.78 is 0. The molecular formula is C13H17ClN2O. The number of amides is 1. The molecule has 1 heterocycles. The highest BCUT2D eigenvalue weighted by atomic mass is 35.5. The van der Waals surface area contributed by atoms with Gasteiger partial charge in [0, 0.05) is 25.7 Å². The van der Waals surface area contributed by atoms with Gasteiger partial charge in [-0.2, -0.15) is 0 Å². The molecule has 1 fully saturated rings. The summed E-state index contributed by atoms with van der Waals surface area (Å²) in [7, 11) is 0. The fourth-order valence-corrected chi connectivity index (χ4v) is 2.41. The van der Waals surface area contributed by atoms with Crippen molar-refractivity contribution in [2.75, 3.05) is 19.6 Å². The van der Waals surface area contributed by atoms with Crippen LogP contribution >= 0.6 is 11.6 Å². The smallest absolute Gasteiger partial charge is 0.255 e. The van der Waals surface area contributed by atoms with E-state index in [1.165, 1.54) is 0 Å². The van der Waals surface area contributed by atoms with Crippen molar-refractivity contribution in [3.8, 4) is 0 Å². The van der Waals surface area contributed by atoms with Crippen molar-refractivity contribution in [3.63, 3.8) is 0 Å². The van der Waals surface area contributed by atoms with Gasteiger partial charge in [0.2, 0.25) is 0 Å². The Hall–Kier alpha value is -1.06. The van der Waals surface area contributed by atoms with Crippen molar-refractivity contribution in [1.29, 1.82) is 0 Å². The molecular weight excluding hydrogens is 236 g/mol. The van der Waals surface area contributed by atoms with Gasteiger partial charge in [-0.3, -0.25) is 4.79 Å². The van der Waals surface area contributed by atoms with Crippen LogP contribution in [-0.4, -0.2) is 36.5 Å². The van der Waals surface area contributed by atoms with Crippen LogP contribution in [0.5, 0.6) is 0 Å². The molecule has 1 N–H and O–H groups in total. The number of carbonyl (C=O) groups excluding carboxylic acids is 1. The molecule has 1 atom stereocenters. The zero-order valence-electron chi connectivity index (χ0n) is 10.2. The maximum atomic E-state index is 12.4. The highest BCUT2D eigenvalue weighted by Gasteiger charge is 2.25. The zero-order valence-corrected chi connectivity index (χ0v) is 10.9. The first kappa shape index (κ1) is 12.4. The predicted octanol–water partition coefficient (Wildman–Crippen LogP) is 2.08. The van der Waals surface area contributed by atoms with E-state index in [1.807, 2.05) is 36.9 Å². The molecule has 1 saturated heterocycles. The third-order valence-corrected chi connectivity index (χ3v) is 3.43. The third kappa shape index (κ3) is 2.61. The SMILES string of the molecule is Cc1ccc(C(=O)N2CCNC[C@@H]2C)c(Cl)c1. The second-order valence-electron chi connectivity index (χ2n) is 4.53. The van der Waals surface area contributed by atoms with Crippen LogP contribution in [-0.2, 0) is 0 Å². The second-order valence-corrected chi connectivity index (χ2v) is 4.94. The van der Waals surface area contributed by atoms with Gasteiger partial charge in [0.15, 0.2) is 0 Å². The number of nitrogens with zero attached hydrogens (tertiary/aromatic N) is 1. The molecule has 0 aliphatic carbocycles. The number of hydrogen-bond acceptors (Lipinski definition) is 2. The van der Waals surface area contributed by atoms with Crippen molar-refractivity contribution in [3.05, 3.63) is 34.3 Å². The largest absolute Gasteiger partial charge is 0.333 e. The number of hydrogen-bond donors (Lipinski definition) is 1. The van der Waals surface area contributed by atoms with Crippen molar-refractivity contribution in [1.82, 2.24) is 10.2 Å². The fraction of sp³-hybridized carbons (Fsp3) is 0.462. The van der Waals surface area contributed by atoms with Crippen LogP contribution in [0.2, 0.25) is 5.02 Å². The van der Waals surface area contributed by atoms with E-state index in [4.69, 9.17) is 11.6 Å². The van der Waals surface area contributed by atoms with E-state index in [-0.39, 0.29) is 11.9 Å². The van der Waals surface area contributed by atoms with Crippen LogP contribution in [0.4, 0.5) is 0 Å². The van der Waals surface area contributed by atoms with Gasteiger partial charge in [0.1, 0.15) is 0 Å². The van der Waals surface area contributed by atoms with Gasteiger partial charge < -0.3 is 10.2 Å². The molecule has 1 aliphatic heterocycles. The van der Waals surface area contributed by atoms with E-state index in [1.54, 1.807) is 0 Å². The number of benzene rings is 1. The molecule has 0 radical (unpaired) electrons. The summed E-state index contributed by atoms with van der Waals surface area (Å²) >= 11 is 6.13. The molecule has 17 heavy (non-hydrogen) atoms. The van der Waals surface area contributed by atoms with Gasteiger partial charge in [0.05, 0.1) is 10.6 Å². The number of nitrogens with one attached hydrogen (secondary N) is 1. The molecule has 3 nitrogen and oxygen atoms in total. The quantitative estimate of drug-likeness (QED) is 0.830. The minimum Gasteiger partial charge on any atom is -0.333 e. The molecule has 1 aromatic carbocycles. The maximum Gasteiger partial charge on any atom is 0.255 e. The number of halogens is 1. The van der Waals surface area contributed by atoms with E-state index in [0.717, 1.165) is 25.2 Å². The summed E-state index contributed by atoms with van der Waals surface area (Å²) in [5, 5.41) is 3.81. The van der Waals surface area contributed by atoms with Gasteiger partial charge in [-0.05, 0) is 31.5 Å². The fourth-order valence-electron chi connectivity index (χ4n) is 2.09. The van der Waals surface area contributed by atoms with Gasteiger partial charge in [-0.15, -0.1) is 0 Å². The monoisotopic (exact) mass is 252 g/mol. The molecule has 0 bridgehead atoms. The third-order valence-electron chi connectivity index (χ3n) is 3.12. The Morgan fingerprint density at radius 1 is 1.53 bits per heavy atom. The van der Waals surface area contributed by atoms with Crippen molar-refractivity contribution in [2.24, 2.45) is 0 Å². The standard InChI is InChI=1S/C13H17ClN2O/c1-9-3-4-11(12(14)7-9)13(17)16-6-5-15-8-10(16)2/h3-4,7,10,15H,5-6,8H2,1-2H3/t10-/m0/s1. The van der Waals surface area contributed by atoms with Crippen LogP contribution in [0, 0.1) is 6.92 Å². The lowest BCUT2D eigenvalue weighted by Crippen LogP contribution is -2.52. The first-order chi connectivity index (χ1) is 8.09. The van der Waals surface area contributed by atoms with Crippen molar-refractivity contribution < 1.29 is 4.79 Å². The molecule has 92 valence electrons. The van der Waals surface area contributed by atoms with Crippen LogP contribution in [0.15, 0.2) is 18.2 Å². The number of aryl methyl sites for hydroxylation is 1. The maximum absolute atomic E-state index is 12.4. The van der Waals surface area contributed by atoms with Gasteiger partial charge in [-0.1, -0.05) is 17.7 Å². The summed E-state index contributed by atoms with van der Waals surface area (Å²) in [4.78, 5) is 14.2. The molecule has 1 amide bonds. The predicted molar refractivity (Wildman–Crippen MR) is 69.6 cm³/mol. The molecule has 0 spiro atoms. The van der Waals surface area contributed by atoms with Crippen LogP contribution in [0.1, 0.15) is 22.8 Å². The average Bonchev–Trinajstić information content (AvgIpc) is 2.29. The van der Waals surface area contributed by atoms with Crippen LogP contribution in [0.25, 0.3) is 0 Å². The highest BCUT2D eigenvalue weighted by Crippen LogP contribution is 2.20. The topological polar surface area (TPSA) is 32.3 Å². The Bertz CT molecular complexity index is 433. The van der Waals surface area contributed by atoms with E-state index < -0.39 is 0 Å². The first-order valence-electron chi connectivity index (χ1n) is 5.87. The van der Waals surface area contributed by atoms with Crippen LogP contribution in [0.3, 0.4) is 0 Å². The molecule has 1 aliphatic rings. The average molecular weight is 253 g/mol. The minimum atomic E-state index is 0.0315. The molecule has 0 saturated carbocycles. The van der Waals surface area contributed by atoms with Crippen molar-refractivity contribution in [2.45, 2.75) is 19.9 Å². The lowest BCUT2D eigenvalue weighted by Gasteiger charge is -2.34. The van der Waals surface area contributed by atoms with E-state index in [0.29, 0.717) is 10.6 Å². The van der Waals surface area contributed by atoms with Gasteiger partial charge >= 0.3 is 0 Å². The van der Waals surface area contributed by atoms with E-state index >= 15 is 0 Å². The minimum absolute atomic E-state index is 0.0315. The number of piperazine rings is 1. The van der Waals surface area contributed by atoms with Crippen LogP contribution < -0.4 is 5.32 Å². The summed E-state index contributed by atoms with van der Waals surface area (Å²) in [6, 6.07) is 5.79. The van der Waals surface area contributed by atoms with Crippen molar-refractivity contribution >= 4 is 17.5 Å². The lowest BCUT2D eigenvalue weighted by molar-refractivity contribution is 0.0656. The number of carbonyl (C=O) groups is 1. The molecule has 0 unspecified atom stereocenters. The lowest BCUT2D eigenvalue weighted by atomic mass is 10.1. The van der Waals surface area contributed by atoms with Gasteiger partial charge in [-0.25, -0.2) is 0 Å².